The molecule has 0 saturated heterocycles. The number of amides is 1. The Hall–Kier alpha value is -3.68. The number of rotatable bonds is 6. The third-order valence-electron chi connectivity index (χ3n) is 4.87. The molecular weight excluding hydrogens is 467 g/mol. The number of nitrogens with one attached hydrogen (secondary N) is 1. The first-order valence-electron chi connectivity index (χ1n) is 9.89. The second-order valence-corrected chi connectivity index (χ2v) is 7.95. The quantitative estimate of drug-likeness (QED) is 0.277. The van der Waals surface area contributed by atoms with E-state index in [0.29, 0.717) is 38.4 Å². The Balaban J connectivity index is 1.23. The number of hydrogen-bond acceptors (Lipinski definition) is 6. The Bertz CT molecular complexity index is 1330. The maximum atomic E-state index is 12.3. The lowest BCUT2D eigenvalue weighted by atomic mass is 10.2. The van der Waals surface area contributed by atoms with Crippen LogP contribution in [0.25, 0.3) is 11.0 Å². The third kappa shape index (κ3) is 4.60. The lowest BCUT2D eigenvalue weighted by molar-refractivity contribution is 0.0929. The normalized spacial score (nSPS) is 12.4. The van der Waals surface area contributed by atoms with E-state index in [2.05, 4.69) is 10.5 Å². The molecule has 1 amide bonds. The number of benzene rings is 3. The second kappa shape index (κ2) is 9.05. The van der Waals surface area contributed by atoms with Crippen LogP contribution in [0.1, 0.15) is 21.7 Å². The van der Waals surface area contributed by atoms with E-state index in [0.717, 1.165) is 10.9 Å². The largest absolute Gasteiger partial charge is 0.486 e. The van der Waals surface area contributed by atoms with Crippen LogP contribution in [0.5, 0.6) is 17.2 Å². The monoisotopic (exact) mass is 482 g/mol. The van der Waals surface area contributed by atoms with Crippen LogP contribution in [0.4, 0.5) is 0 Å². The Morgan fingerprint density at radius 1 is 1.03 bits per heavy atom. The van der Waals surface area contributed by atoms with Gasteiger partial charge in [0.2, 0.25) is 6.79 Å². The van der Waals surface area contributed by atoms with E-state index in [4.69, 9.17) is 41.8 Å². The number of para-hydroxylation sites is 1. The van der Waals surface area contributed by atoms with Gasteiger partial charge in [-0.2, -0.15) is 5.10 Å². The molecule has 5 rings (SSSR count). The summed E-state index contributed by atoms with van der Waals surface area (Å²) in [6, 6.07) is 17.8. The topological polar surface area (TPSA) is 82.3 Å². The fourth-order valence-corrected chi connectivity index (χ4v) is 3.91. The Morgan fingerprint density at radius 2 is 1.82 bits per heavy atom. The van der Waals surface area contributed by atoms with Crippen molar-refractivity contribution in [2.45, 2.75) is 6.61 Å². The van der Waals surface area contributed by atoms with E-state index in [1.54, 1.807) is 24.3 Å². The number of furan rings is 1. The third-order valence-corrected chi connectivity index (χ3v) is 5.43. The zero-order valence-corrected chi connectivity index (χ0v) is 18.5. The minimum Gasteiger partial charge on any atom is -0.486 e. The molecule has 0 spiro atoms. The molecule has 1 aliphatic rings. The van der Waals surface area contributed by atoms with Gasteiger partial charge < -0.3 is 18.6 Å². The van der Waals surface area contributed by atoms with E-state index in [-0.39, 0.29) is 19.2 Å². The number of carbonyl (C=O) groups is 1. The summed E-state index contributed by atoms with van der Waals surface area (Å²) in [4.78, 5) is 12.3. The molecule has 9 heteroatoms. The van der Waals surface area contributed by atoms with E-state index in [9.17, 15) is 4.79 Å². The van der Waals surface area contributed by atoms with E-state index >= 15 is 0 Å². The van der Waals surface area contributed by atoms with E-state index in [1.165, 1.54) is 6.21 Å². The maximum Gasteiger partial charge on any atom is 0.307 e. The number of ether oxygens (including phenoxy) is 3. The van der Waals surface area contributed by atoms with Crippen molar-refractivity contribution in [3.05, 3.63) is 87.6 Å². The summed E-state index contributed by atoms with van der Waals surface area (Å²) in [5, 5.41) is 5.42. The van der Waals surface area contributed by atoms with Gasteiger partial charge in [-0.25, -0.2) is 5.43 Å². The van der Waals surface area contributed by atoms with Crippen molar-refractivity contribution in [2.75, 3.05) is 6.79 Å². The molecular formula is C24H16Cl2N2O5. The van der Waals surface area contributed by atoms with Crippen LogP contribution < -0.4 is 19.6 Å². The van der Waals surface area contributed by atoms with Gasteiger partial charge in [-0.1, -0.05) is 47.5 Å². The van der Waals surface area contributed by atoms with Gasteiger partial charge in [0.25, 0.3) is 0 Å². The predicted octanol–water partition coefficient (Wildman–Crippen LogP) is 5.81. The second-order valence-electron chi connectivity index (χ2n) is 7.14. The zero-order chi connectivity index (χ0) is 22.8. The average molecular weight is 483 g/mol. The molecule has 0 unspecified atom stereocenters. The number of hydrazone groups is 1. The van der Waals surface area contributed by atoms with Gasteiger partial charge in [-0.3, -0.25) is 4.79 Å². The van der Waals surface area contributed by atoms with Crippen molar-refractivity contribution in [3.63, 3.8) is 0 Å². The smallest absolute Gasteiger partial charge is 0.307 e. The fraction of sp³-hybridized carbons (Fsp3) is 0.0833. The number of nitrogens with zero attached hydrogens (tertiary/aromatic N) is 1. The lowest BCUT2D eigenvalue weighted by Gasteiger charge is -2.11. The molecule has 0 radical (unpaired) electrons. The highest BCUT2D eigenvalue weighted by atomic mass is 35.5. The van der Waals surface area contributed by atoms with Gasteiger partial charge in [-0.05, 0) is 47.5 Å². The van der Waals surface area contributed by atoms with Crippen LogP contribution in [0.3, 0.4) is 0 Å². The number of halogens is 2. The maximum absolute atomic E-state index is 12.3. The van der Waals surface area contributed by atoms with E-state index in [1.807, 2.05) is 36.4 Å². The molecule has 1 aliphatic heterocycles. The molecule has 0 aliphatic carbocycles. The van der Waals surface area contributed by atoms with Gasteiger partial charge >= 0.3 is 5.91 Å². The van der Waals surface area contributed by atoms with Crippen molar-refractivity contribution in [3.8, 4) is 17.2 Å². The molecule has 2 heterocycles. The highest BCUT2D eigenvalue weighted by Crippen LogP contribution is 2.36. The van der Waals surface area contributed by atoms with Crippen LogP contribution in [0, 0.1) is 0 Å². The Labute approximate surface area is 198 Å². The summed E-state index contributed by atoms with van der Waals surface area (Å²) < 4.78 is 22.0. The Morgan fingerprint density at radius 3 is 2.64 bits per heavy atom. The van der Waals surface area contributed by atoms with Gasteiger partial charge in [0.05, 0.1) is 16.3 Å². The highest BCUT2D eigenvalue weighted by molar-refractivity contribution is 6.37. The molecule has 1 aromatic heterocycles. The molecule has 1 N–H and O–H groups in total. The first-order chi connectivity index (χ1) is 16.1. The molecule has 0 atom stereocenters. The Kier molecular flexibility index (Phi) is 5.81. The van der Waals surface area contributed by atoms with Crippen molar-refractivity contribution in [1.29, 1.82) is 0 Å². The van der Waals surface area contributed by atoms with Crippen molar-refractivity contribution >= 4 is 46.3 Å². The summed E-state index contributed by atoms with van der Waals surface area (Å²) in [7, 11) is 0. The van der Waals surface area contributed by atoms with Crippen LogP contribution in [-0.4, -0.2) is 18.9 Å². The average Bonchev–Trinajstić information content (AvgIpc) is 3.45. The number of fused-ring (bicyclic) bond motifs is 2. The van der Waals surface area contributed by atoms with E-state index < -0.39 is 5.91 Å². The van der Waals surface area contributed by atoms with Crippen LogP contribution in [0.15, 0.2) is 70.2 Å². The van der Waals surface area contributed by atoms with Crippen LogP contribution in [-0.2, 0) is 6.61 Å². The number of hydrogen-bond donors (Lipinski definition) is 1. The van der Waals surface area contributed by atoms with Crippen molar-refractivity contribution in [1.82, 2.24) is 5.43 Å². The highest BCUT2D eigenvalue weighted by Gasteiger charge is 2.15. The summed E-state index contributed by atoms with van der Waals surface area (Å²) >= 11 is 12.7. The van der Waals surface area contributed by atoms with Gasteiger partial charge in [0.1, 0.15) is 12.2 Å². The van der Waals surface area contributed by atoms with Crippen molar-refractivity contribution in [2.24, 2.45) is 5.10 Å². The predicted molar refractivity (Wildman–Crippen MR) is 125 cm³/mol. The SMILES string of the molecule is O=C(N/N=C/c1cc(Cl)c(OCc2ccc3c(c2)OCO3)c(Cl)c1)c1cc2ccccc2o1. The minimum atomic E-state index is -0.469. The summed E-state index contributed by atoms with van der Waals surface area (Å²) in [6.45, 7) is 0.454. The molecule has 3 aromatic carbocycles. The van der Waals surface area contributed by atoms with Gasteiger partial charge in [0, 0.05) is 5.39 Å². The molecule has 166 valence electrons. The molecule has 0 bridgehead atoms. The molecule has 0 fully saturated rings. The first-order valence-corrected chi connectivity index (χ1v) is 10.6. The lowest BCUT2D eigenvalue weighted by Crippen LogP contribution is -2.16. The zero-order valence-electron chi connectivity index (χ0n) is 17.0. The molecule has 4 aromatic rings. The van der Waals surface area contributed by atoms with Gasteiger partial charge in [0.15, 0.2) is 23.0 Å². The number of carbonyl (C=O) groups excluding carboxylic acids is 1. The fourth-order valence-electron chi connectivity index (χ4n) is 3.29. The molecule has 33 heavy (non-hydrogen) atoms. The van der Waals surface area contributed by atoms with Crippen LogP contribution in [0.2, 0.25) is 10.0 Å². The van der Waals surface area contributed by atoms with Crippen molar-refractivity contribution < 1.29 is 23.4 Å². The van der Waals surface area contributed by atoms with Crippen LogP contribution >= 0.6 is 23.2 Å². The molecule has 0 saturated carbocycles. The van der Waals surface area contributed by atoms with Gasteiger partial charge in [-0.15, -0.1) is 0 Å². The minimum absolute atomic E-state index is 0.164. The standard InChI is InChI=1S/C24H16Cl2N2O5/c25-17-7-15(11-27-28-24(29)22-10-16-3-1-2-4-19(16)33-22)8-18(26)23(17)30-12-14-5-6-20-21(9-14)32-13-31-20/h1-11H,12-13H2,(H,28,29)/b27-11+. The first kappa shape index (κ1) is 21.2. The summed E-state index contributed by atoms with van der Waals surface area (Å²) in [5.41, 5.74) is 4.52. The summed E-state index contributed by atoms with van der Waals surface area (Å²) in [5.74, 6) is 1.41. The molecule has 7 nitrogen and oxygen atoms in total. The summed E-state index contributed by atoms with van der Waals surface area (Å²) in [6.07, 6.45) is 1.43.